The molecule has 4 atom stereocenters. The fourth-order valence-corrected chi connectivity index (χ4v) is 4.76. The zero-order valence-electron chi connectivity index (χ0n) is 13.6. The Hall–Kier alpha value is -1.05. The molecule has 3 heterocycles. The van der Waals surface area contributed by atoms with Gasteiger partial charge in [0.1, 0.15) is 5.75 Å². The molecule has 2 N–H and O–H groups in total. The molecule has 4 rings (SSSR count). The monoisotopic (exact) mass is 386 g/mol. The maximum atomic E-state index is 12.6. The zero-order valence-corrected chi connectivity index (χ0v) is 15.1. The largest absolute Gasteiger partial charge is 0.508 e. The zero-order chi connectivity index (χ0) is 17.7. The highest BCUT2D eigenvalue weighted by atomic mass is 35.5. The second-order valence-corrected chi connectivity index (χ2v) is 7.81. The summed E-state index contributed by atoms with van der Waals surface area (Å²) in [7, 11) is 0. The minimum atomic E-state index is -0.553. The number of aliphatic hydroxyl groups is 1. The van der Waals surface area contributed by atoms with Crippen LogP contribution in [0, 0.1) is 0 Å². The number of piperazine rings is 1. The standard InChI is InChI=1S/C17H20Cl2N2O4/c18-11-1-2-13(22)16(17(11)19)9-3-10-5-20(6-15(24)21(10)4-9)12-7-25-8-14(12)23/h1-2,9-10,12,14,22-23H,3-8H2/t9-,10-,12+,14+/m0/s1. The van der Waals surface area contributed by atoms with Gasteiger partial charge in [-0.3, -0.25) is 9.69 Å². The fourth-order valence-electron chi connectivity index (χ4n) is 4.28. The number of benzene rings is 1. The van der Waals surface area contributed by atoms with Crippen molar-refractivity contribution in [1.82, 2.24) is 9.80 Å². The number of carbonyl (C=O) groups is 1. The van der Waals surface area contributed by atoms with E-state index in [1.54, 1.807) is 12.1 Å². The van der Waals surface area contributed by atoms with E-state index in [9.17, 15) is 15.0 Å². The molecular formula is C17H20Cl2N2O4. The van der Waals surface area contributed by atoms with Gasteiger partial charge in [-0.1, -0.05) is 23.2 Å². The molecule has 0 aliphatic carbocycles. The van der Waals surface area contributed by atoms with Crippen LogP contribution in [0.1, 0.15) is 17.9 Å². The maximum Gasteiger partial charge on any atom is 0.237 e. The van der Waals surface area contributed by atoms with Gasteiger partial charge in [0.2, 0.25) is 5.91 Å². The Morgan fingerprint density at radius 2 is 2.00 bits per heavy atom. The number of aromatic hydroxyl groups is 1. The minimum absolute atomic E-state index is 0.0356. The van der Waals surface area contributed by atoms with E-state index < -0.39 is 6.10 Å². The highest BCUT2D eigenvalue weighted by Crippen LogP contribution is 2.43. The smallest absolute Gasteiger partial charge is 0.237 e. The lowest BCUT2D eigenvalue weighted by Crippen LogP contribution is -2.58. The topological polar surface area (TPSA) is 73.2 Å². The molecule has 3 aliphatic heterocycles. The maximum absolute atomic E-state index is 12.6. The molecule has 0 unspecified atom stereocenters. The number of aliphatic hydroxyl groups excluding tert-OH is 1. The molecule has 8 heteroatoms. The van der Waals surface area contributed by atoms with Crippen LogP contribution in [0.5, 0.6) is 5.75 Å². The van der Waals surface area contributed by atoms with E-state index in [-0.39, 0.29) is 36.2 Å². The van der Waals surface area contributed by atoms with Gasteiger partial charge in [-0.15, -0.1) is 0 Å². The number of phenolic OH excluding ortho intramolecular Hbond substituents is 1. The molecule has 0 saturated carbocycles. The number of rotatable bonds is 2. The third-order valence-corrected chi connectivity index (χ3v) is 6.35. The number of carbonyl (C=O) groups excluding carboxylic acids is 1. The molecular weight excluding hydrogens is 367 g/mol. The van der Waals surface area contributed by atoms with Crippen molar-refractivity contribution in [3.63, 3.8) is 0 Å². The van der Waals surface area contributed by atoms with Crippen molar-refractivity contribution >= 4 is 29.1 Å². The van der Waals surface area contributed by atoms with Crippen LogP contribution in [0.15, 0.2) is 12.1 Å². The van der Waals surface area contributed by atoms with Gasteiger partial charge in [0.15, 0.2) is 0 Å². The normalized spacial score (nSPS) is 33.1. The van der Waals surface area contributed by atoms with Gasteiger partial charge in [0, 0.05) is 30.6 Å². The Morgan fingerprint density at radius 1 is 1.20 bits per heavy atom. The summed E-state index contributed by atoms with van der Waals surface area (Å²) in [5.41, 5.74) is 0.618. The number of hydrogen-bond acceptors (Lipinski definition) is 5. The Balaban J connectivity index is 1.55. The lowest BCUT2D eigenvalue weighted by atomic mass is 9.95. The van der Waals surface area contributed by atoms with Gasteiger partial charge in [-0.25, -0.2) is 0 Å². The van der Waals surface area contributed by atoms with E-state index in [1.807, 2.05) is 9.80 Å². The van der Waals surface area contributed by atoms with E-state index >= 15 is 0 Å². The van der Waals surface area contributed by atoms with Gasteiger partial charge in [0.05, 0.1) is 41.9 Å². The fraction of sp³-hybridized carbons (Fsp3) is 0.588. The molecule has 25 heavy (non-hydrogen) atoms. The minimum Gasteiger partial charge on any atom is -0.508 e. The van der Waals surface area contributed by atoms with E-state index in [2.05, 4.69) is 0 Å². The summed E-state index contributed by atoms with van der Waals surface area (Å²) in [6.45, 7) is 2.26. The quantitative estimate of drug-likeness (QED) is 0.804. The van der Waals surface area contributed by atoms with E-state index in [0.29, 0.717) is 48.3 Å². The summed E-state index contributed by atoms with van der Waals surface area (Å²) in [5, 5.41) is 21.0. The first kappa shape index (κ1) is 17.4. The molecule has 3 aliphatic rings. The van der Waals surface area contributed by atoms with Gasteiger partial charge in [-0.05, 0) is 18.6 Å². The number of halogens is 2. The Kier molecular flexibility index (Phi) is 4.58. The SMILES string of the molecule is O=C1CN([C@@H]2COC[C@H]2O)C[C@@H]2C[C@H](c3c(O)ccc(Cl)c3Cl)CN12. The number of hydrogen-bond donors (Lipinski definition) is 2. The number of amides is 1. The molecule has 0 spiro atoms. The molecule has 1 aromatic carbocycles. The molecule has 1 amide bonds. The highest BCUT2D eigenvalue weighted by Gasteiger charge is 2.45. The summed E-state index contributed by atoms with van der Waals surface area (Å²) in [6, 6.07) is 3.02. The molecule has 0 radical (unpaired) electrons. The van der Waals surface area contributed by atoms with Crippen LogP contribution in [0.4, 0.5) is 0 Å². The summed E-state index contributed by atoms with van der Waals surface area (Å²) in [4.78, 5) is 16.5. The van der Waals surface area contributed by atoms with Crippen molar-refractivity contribution in [3.05, 3.63) is 27.7 Å². The van der Waals surface area contributed by atoms with E-state index in [0.717, 1.165) is 0 Å². The van der Waals surface area contributed by atoms with Gasteiger partial charge < -0.3 is 19.8 Å². The van der Waals surface area contributed by atoms with Crippen LogP contribution in [0.2, 0.25) is 10.0 Å². The van der Waals surface area contributed by atoms with Gasteiger partial charge in [0.25, 0.3) is 0 Å². The lowest BCUT2D eigenvalue weighted by molar-refractivity contribution is -0.139. The third kappa shape index (κ3) is 3.00. The number of ether oxygens (including phenoxy) is 1. The van der Waals surface area contributed by atoms with Crippen molar-refractivity contribution in [3.8, 4) is 5.75 Å². The summed E-state index contributed by atoms with van der Waals surface area (Å²) >= 11 is 12.4. The van der Waals surface area contributed by atoms with Crippen molar-refractivity contribution in [1.29, 1.82) is 0 Å². The summed E-state index contributed by atoms with van der Waals surface area (Å²) in [6.07, 6.45) is 0.155. The van der Waals surface area contributed by atoms with Crippen LogP contribution < -0.4 is 0 Å². The highest BCUT2D eigenvalue weighted by molar-refractivity contribution is 6.42. The van der Waals surface area contributed by atoms with Gasteiger partial charge in [-0.2, -0.15) is 0 Å². The first-order valence-electron chi connectivity index (χ1n) is 8.42. The number of nitrogens with zero attached hydrogens (tertiary/aromatic N) is 2. The molecule has 6 nitrogen and oxygen atoms in total. The first-order chi connectivity index (χ1) is 12.0. The lowest BCUT2D eigenvalue weighted by Gasteiger charge is -2.40. The van der Waals surface area contributed by atoms with Gasteiger partial charge >= 0.3 is 0 Å². The molecule has 3 fully saturated rings. The number of phenols is 1. The van der Waals surface area contributed by atoms with Crippen molar-refractivity contribution in [2.45, 2.75) is 30.5 Å². The molecule has 0 aromatic heterocycles. The Morgan fingerprint density at radius 3 is 2.72 bits per heavy atom. The van der Waals surface area contributed by atoms with Crippen molar-refractivity contribution < 1.29 is 19.7 Å². The van der Waals surface area contributed by atoms with Crippen LogP contribution in [-0.2, 0) is 9.53 Å². The molecule has 136 valence electrons. The second kappa shape index (κ2) is 6.59. The Labute approximate surface area is 155 Å². The summed E-state index contributed by atoms with van der Waals surface area (Å²) < 4.78 is 5.32. The predicted molar refractivity (Wildman–Crippen MR) is 93.2 cm³/mol. The van der Waals surface area contributed by atoms with Crippen LogP contribution in [-0.4, -0.2) is 77.0 Å². The first-order valence-corrected chi connectivity index (χ1v) is 9.17. The predicted octanol–water partition coefficient (Wildman–Crippen LogP) is 1.46. The average molecular weight is 387 g/mol. The number of fused-ring (bicyclic) bond motifs is 1. The third-order valence-electron chi connectivity index (χ3n) is 5.53. The van der Waals surface area contributed by atoms with Crippen LogP contribution in [0.25, 0.3) is 0 Å². The molecule has 0 bridgehead atoms. The molecule has 3 saturated heterocycles. The van der Waals surface area contributed by atoms with E-state index in [4.69, 9.17) is 27.9 Å². The van der Waals surface area contributed by atoms with Crippen molar-refractivity contribution in [2.75, 3.05) is 32.8 Å². The second-order valence-electron chi connectivity index (χ2n) is 7.03. The van der Waals surface area contributed by atoms with Crippen LogP contribution in [0.3, 0.4) is 0 Å². The molecule has 1 aromatic rings. The van der Waals surface area contributed by atoms with Crippen molar-refractivity contribution in [2.24, 2.45) is 0 Å². The Bertz CT molecular complexity index is 701. The average Bonchev–Trinajstić information content (AvgIpc) is 3.18. The summed E-state index contributed by atoms with van der Waals surface area (Å²) in [5.74, 6) is 0.100. The van der Waals surface area contributed by atoms with Crippen LogP contribution >= 0.6 is 23.2 Å². The van der Waals surface area contributed by atoms with E-state index in [1.165, 1.54) is 0 Å².